The van der Waals surface area contributed by atoms with Gasteiger partial charge in [-0.25, -0.2) is 4.39 Å². The maximum Gasteiger partial charge on any atom is 0.141 e. The molecular weight excluding hydrogens is 261 g/mol. The van der Waals surface area contributed by atoms with E-state index in [1.165, 1.54) is 14.2 Å². The van der Waals surface area contributed by atoms with Crippen LogP contribution in [-0.4, -0.2) is 40.0 Å². The number of alkyl halides is 1. The number of benzene rings is 1. The smallest absolute Gasteiger partial charge is 0.141 e. The van der Waals surface area contributed by atoms with Gasteiger partial charge in [-0.1, -0.05) is 6.07 Å². The van der Waals surface area contributed by atoms with Gasteiger partial charge in [0.1, 0.15) is 17.2 Å². The van der Waals surface area contributed by atoms with E-state index in [4.69, 9.17) is 14.2 Å². The monoisotopic (exact) mass is 283 g/mol. The molecule has 1 fully saturated rings. The minimum Gasteiger partial charge on any atom is -0.496 e. The summed E-state index contributed by atoms with van der Waals surface area (Å²) in [5.74, 6) is 1.01. The molecular formula is C15H22FNO3. The summed E-state index contributed by atoms with van der Waals surface area (Å²) in [4.78, 5) is 0. The van der Waals surface area contributed by atoms with Gasteiger partial charge in [0.15, 0.2) is 0 Å². The third kappa shape index (κ3) is 3.22. The van der Waals surface area contributed by atoms with Gasteiger partial charge in [0.05, 0.1) is 33.0 Å². The number of nitrogens with one attached hydrogen (secondary N) is 1. The Kier molecular flexibility index (Phi) is 4.83. The fraction of sp³-hybridized carbons (Fsp3) is 0.600. The van der Waals surface area contributed by atoms with Crippen LogP contribution in [0.2, 0.25) is 0 Å². The van der Waals surface area contributed by atoms with E-state index in [2.05, 4.69) is 5.32 Å². The lowest BCUT2D eigenvalue weighted by atomic mass is 9.89. The molecule has 2 rings (SSSR count). The van der Waals surface area contributed by atoms with Crippen LogP contribution in [0.25, 0.3) is 0 Å². The van der Waals surface area contributed by atoms with Crippen molar-refractivity contribution in [2.45, 2.75) is 25.1 Å². The van der Waals surface area contributed by atoms with Crippen LogP contribution >= 0.6 is 0 Å². The van der Waals surface area contributed by atoms with E-state index in [-0.39, 0.29) is 6.04 Å². The van der Waals surface area contributed by atoms with Crippen LogP contribution in [0.15, 0.2) is 18.2 Å². The first-order valence-corrected chi connectivity index (χ1v) is 6.80. The van der Waals surface area contributed by atoms with Crippen LogP contribution in [-0.2, 0) is 10.4 Å². The molecule has 4 nitrogen and oxygen atoms in total. The molecule has 0 radical (unpaired) electrons. The summed E-state index contributed by atoms with van der Waals surface area (Å²) < 4.78 is 31.2. The molecule has 1 aromatic rings. The summed E-state index contributed by atoms with van der Waals surface area (Å²) in [6.07, 6.45) is 0.309. The standard InChI is InChI=1S/C15H22FNO3/c1-15(16,9-11-10-20-8-7-17-11)14-12(18-2)5-4-6-13(14)19-3/h4-6,11,17H,7-10H2,1-3H3. The molecule has 1 aliphatic rings. The van der Waals surface area contributed by atoms with Gasteiger partial charge in [0.2, 0.25) is 0 Å². The van der Waals surface area contributed by atoms with Crippen molar-refractivity contribution < 1.29 is 18.6 Å². The molecule has 1 heterocycles. The first-order valence-electron chi connectivity index (χ1n) is 6.80. The Morgan fingerprint density at radius 3 is 2.50 bits per heavy atom. The highest BCUT2D eigenvalue weighted by atomic mass is 19.1. The van der Waals surface area contributed by atoms with E-state index in [9.17, 15) is 0 Å². The first kappa shape index (κ1) is 15.1. The van der Waals surface area contributed by atoms with Crippen molar-refractivity contribution in [1.29, 1.82) is 0 Å². The summed E-state index contributed by atoms with van der Waals surface area (Å²) in [6, 6.07) is 5.29. The van der Waals surface area contributed by atoms with E-state index in [0.29, 0.717) is 36.7 Å². The Balaban J connectivity index is 2.27. The molecule has 2 unspecified atom stereocenters. The number of methoxy groups -OCH3 is 2. The second kappa shape index (κ2) is 6.41. The van der Waals surface area contributed by atoms with Gasteiger partial charge in [0.25, 0.3) is 0 Å². The van der Waals surface area contributed by atoms with Crippen molar-refractivity contribution in [2.24, 2.45) is 0 Å². The molecule has 2 atom stereocenters. The molecule has 20 heavy (non-hydrogen) atoms. The van der Waals surface area contributed by atoms with E-state index in [0.717, 1.165) is 6.54 Å². The summed E-state index contributed by atoms with van der Waals surface area (Å²) >= 11 is 0. The predicted octanol–water partition coefficient (Wildman–Crippen LogP) is 2.27. The molecule has 0 amide bonds. The van der Waals surface area contributed by atoms with Crippen LogP contribution in [0.4, 0.5) is 4.39 Å². The van der Waals surface area contributed by atoms with Crippen LogP contribution in [0, 0.1) is 0 Å². The van der Waals surface area contributed by atoms with Crippen molar-refractivity contribution in [2.75, 3.05) is 34.0 Å². The Morgan fingerprint density at radius 1 is 1.35 bits per heavy atom. The zero-order chi connectivity index (χ0) is 14.6. The zero-order valence-corrected chi connectivity index (χ0v) is 12.2. The van der Waals surface area contributed by atoms with E-state index >= 15 is 4.39 Å². The van der Waals surface area contributed by atoms with Gasteiger partial charge in [-0.15, -0.1) is 0 Å². The topological polar surface area (TPSA) is 39.7 Å². The Labute approximate surface area is 119 Å². The SMILES string of the molecule is COc1cccc(OC)c1C(C)(F)CC1COCCN1. The molecule has 0 aliphatic carbocycles. The summed E-state index contributed by atoms with van der Waals surface area (Å²) in [6.45, 7) is 3.52. The summed E-state index contributed by atoms with van der Waals surface area (Å²) in [7, 11) is 3.08. The molecule has 0 spiro atoms. The fourth-order valence-corrected chi connectivity index (χ4v) is 2.68. The normalized spacial score (nSPS) is 22.1. The highest BCUT2D eigenvalue weighted by molar-refractivity contribution is 5.48. The highest BCUT2D eigenvalue weighted by Crippen LogP contribution is 2.42. The predicted molar refractivity (Wildman–Crippen MR) is 75.2 cm³/mol. The third-order valence-corrected chi connectivity index (χ3v) is 3.58. The second-order valence-corrected chi connectivity index (χ2v) is 5.17. The number of ether oxygens (including phenoxy) is 3. The Morgan fingerprint density at radius 2 is 2.00 bits per heavy atom. The fourth-order valence-electron chi connectivity index (χ4n) is 2.68. The van der Waals surface area contributed by atoms with E-state index < -0.39 is 5.67 Å². The lowest BCUT2D eigenvalue weighted by Gasteiger charge is -2.31. The molecule has 0 aromatic heterocycles. The molecule has 1 aliphatic heterocycles. The molecule has 5 heteroatoms. The van der Waals surface area contributed by atoms with Crippen LogP contribution in [0.3, 0.4) is 0 Å². The number of halogens is 1. The largest absolute Gasteiger partial charge is 0.496 e. The molecule has 1 N–H and O–H groups in total. The third-order valence-electron chi connectivity index (χ3n) is 3.58. The maximum atomic E-state index is 15.2. The zero-order valence-electron chi connectivity index (χ0n) is 12.2. The van der Waals surface area contributed by atoms with Gasteiger partial charge in [-0.3, -0.25) is 0 Å². The van der Waals surface area contributed by atoms with Gasteiger partial charge >= 0.3 is 0 Å². The van der Waals surface area contributed by atoms with Gasteiger partial charge < -0.3 is 19.5 Å². The van der Waals surface area contributed by atoms with Crippen molar-refractivity contribution >= 4 is 0 Å². The minimum absolute atomic E-state index is 0.00614. The van der Waals surface area contributed by atoms with Crippen molar-refractivity contribution in [3.8, 4) is 11.5 Å². The molecule has 0 saturated carbocycles. The highest BCUT2D eigenvalue weighted by Gasteiger charge is 2.36. The summed E-state index contributed by atoms with van der Waals surface area (Å²) in [5, 5.41) is 3.27. The number of hydrogen-bond donors (Lipinski definition) is 1. The number of rotatable bonds is 5. The average molecular weight is 283 g/mol. The van der Waals surface area contributed by atoms with Gasteiger partial charge in [0, 0.05) is 19.0 Å². The van der Waals surface area contributed by atoms with Crippen LogP contribution in [0.5, 0.6) is 11.5 Å². The molecule has 112 valence electrons. The Bertz CT molecular complexity index is 422. The number of hydrogen-bond acceptors (Lipinski definition) is 4. The average Bonchev–Trinajstić information content (AvgIpc) is 2.46. The second-order valence-electron chi connectivity index (χ2n) is 5.17. The van der Waals surface area contributed by atoms with Gasteiger partial charge in [-0.05, 0) is 19.1 Å². The van der Waals surface area contributed by atoms with E-state index in [1.54, 1.807) is 25.1 Å². The molecule has 0 bridgehead atoms. The quantitative estimate of drug-likeness (QED) is 0.900. The molecule has 1 saturated heterocycles. The minimum atomic E-state index is -1.56. The van der Waals surface area contributed by atoms with Crippen molar-refractivity contribution in [3.63, 3.8) is 0 Å². The van der Waals surface area contributed by atoms with Crippen LogP contribution in [0.1, 0.15) is 18.9 Å². The summed E-state index contributed by atoms with van der Waals surface area (Å²) in [5.41, 5.74) is -1.10. The van der Waals surface area contributed by atoms with Crippen molar-refractivity contribution in [3.05, 3.63) is 23.8 Å². The lowest BCUT2D eigenvalue weighted by Crippen LogP contribution is -2.44. The first-order chi connectivity index (χ1) is 9.58. The van der Waals surface area contributed by atoms with Crippen LogP contribution < -0.4 is 14.8 Å². The molecule has 1 aromatic carbocycles. The Hall–Kier alpha value is -1.33. The number of morpholine rings is 1. The van der Waals surface area contributed by atoms with E-state index in [1.807, 2.05) is 0 Å². The van der Waals surface area contributed by atoms with Gasteiger partial charge in [-0.2, -0.15) is 0 Å². The maximum absolute atomic E-state index is 15.2. The lowest BCUT2D eigenvalue weighted by molar-refractivity contribution is 0.0461. The van der Waals surface area contributed by atoms with Crippen molar-refractivity contribution in [1.82, 2.24) is 5.32 Å².